The van der Waals surface area contributed by atoms with Gasteiger partial charge in [0.25, 0.3) is 5.69 Å². The average molecular weight is 275 g/mol. The number of hydrogen-bond donors (Lipinski definition) is 0. The lowest BCUT2D eigenvalue weighted by molar-refractivity contribution is -0.384. The molecule has 0 radical (unpaired) electrons. The summed E-state index contributed by atoms with van der Waals surface area (Å²) >= 11 is 22.4. The first-order valence-electron chi connectivity index (χ1n) is 3.33. The summed E-state index contributed by atoms with van der Waals surface area (Å²) in [4.78, 5) is 9.84. The van der Waals surface area contributed by atoms with Gasteiger partial charge in [0.1, 0.15) is 0 Å². The molecule has 0 heterocycles. The first kappa shape index (κ1) is 11.9. The van der Waals surface area contributed by atoms with Gasteiger partial charge in [-0.05, 0) is 6.07 Å². The molecule has 1 aromatic rings. The lowest BCUT2D eigenvalue weighted by Gasteiger charge is -2.12. The Bertz CT molecular complexity index is 374. The second-order valence-corrected chi connectivity index (χ2v) is 5.11. The number of nitro groups is 1. The molecule has 0 unspecified atom stereocenters. The highest BCUT2D eigenvalue weighted by molar-refractivity contribution is 6.67. The Labute approximate surface area is 99.7 Å². The van der Waals surface area contributed by atoms with Crippen molar-refractivity contribution in [2.24, 2.45) is 0 Å². The van der Waals surface area contributed by atoms with E-state index in [0.29, 0.717) is 0 Å². The zero-order valence-corrected chi connectivity index (χ0v) is 9.53. The smallest absolute Gasteiger partial charge is 0.258 e. The van der Waals surface area contributed by atoms with Crippen LogP contribution in [0.2, 0.25) is 5.02 Å². The minimum Gasteiger partial charge on any atom is -0.258 e. The molecule has 0 saturated carbocycles. The molecule has 0 spiro atoms. The van der Waals surface area contributed by atoms with Crippen LogP contribution >= 0.6 is 46.4 Å². The number of rotatable bonds is 1. The highest BCUT2D eigenvalue weighted by atomic mass is 35.6. The van der Waals surface area contributed by atoms with Gasteiger partial charge in [0, 0.05) is 22.7 Å². The molecule has 0 aromatic heterocycles. The molecule has 7 heteroatoms. The van der Waals surface area contributed by atoms with Crippen LogP contribution in [-0.2, 0) is 3.79 Å². The zero-order valence-electron chi connectivity index (χ0n) is 6.51. The predicted octanol–water partition coefficient (Wildman–Crippen LogP) is 4.07. The van der Waals surface area contributed by atoms with E-state index in [0.717, 1.165) is 6.07 Å². The minimum absolute atomic E-state index is 0.0957. The lowest BCUT2D eigenvalue weighted by Crippen LogP contribution is -2.02. The Kier molecular flexibility index (Phi) is 3.48. The van der Waals surface area contributed by atoms with Crippen LogP contribution in [-0.4, -0.2) is 4.92 Å². The van der Waals surface area contributed by atoms with E-state index in [9.17, 15) is 10.1 Å². The van der Waals surface area contributed by atoms with Gasteiger partial charge >= 0.3 is 0 Å². The van der Waals surface area contributed by atoms with Gasteiger partial charge in [-0.2, -0.15) is 0 Å². The van der Waals surface area contributed by atoms with Crippen molar-refractivity contribution >= 4 is 52.1 Å². The van der Waals surface area contributed by atoms with E-state index in [1.54, 1.807) is 0 Å². The van der Waals surface area contributed by atoms with Crippen molar-refractivity contribution in [1.82, 2.24) is 0 Å². The van der Waals surface area contributed by atoms with Crippen molar-refractivity contribution in [2.75, 3.05) is 0 Å². The second kappa shape index (κ2) is 4.11. The molecular formula is C7H3Cl4NO2. The molecule has 0 N–H and O–H groups in total. The van der Waals surface area contributed by atoms with E-state index in [-0.39, 0.29) is 16.3 Å². The zero-order chi connectivity index (χ0) is 10.9. The van der Waals surface area contributed by atoms with Crippen LogP contribution in [0.4, 0.5) is 5.69 Å². The Hall–Kier alpha value is -0.220. The molecule has 76 valence electrons. The van der Waals surface area contributed by atoms with Crippen molar-refractivity contribution in [2.45, 2.75) is 3.79 Å². The SMILES string of the molecule is O=[N+]([O-])c1ccc(Cl)c(C(Cl)(Cl)Cl)c1. The normalized spacial score (nSPS) is 11.4. The Balaban J connectivity index is 3.29. The highest BCUT2D eigenvalue weighted by Gasteiger charge is 2.27. The molecule has 1 aromatic carbocycles. The number of alkyl halides is 3. The van der Waals surface area contributed by atoms with Crippen LogP contribution in [0.5, 0.6) is 0 Å². The molecule has 0 aliphatic heterocycles. The topological polar surface area (TPSA) is 43.1 Å². The van der Waals surface area contributed by atoms with Crippen molar-refractivity contribution in [1.29, 1.82) is 0 Å². The largest absolute Gasteiger partial charge is 0.269 e. The van der Waals surface area contributed by atoms with Crippen molar-refractivity contribution in [3.63, 3.8) is 0 Å². The summed E-state index contributed by atoms with van der Waals surface area (Å²) < 4.78 is -1.76. The number of benzene rings is 1. The fourth-order valence-corrected chi connectivity index (χ4v) is 1.72. The summed E-state index contributed by atoms with van der Waals surface area (Å²) in [6.45, 7) is 0. The molecule has 0 fully saturated rings. The maximum atomic E-state index is 10.4. The number of halogens is 4. The Morgan fingerprint density at radius 3 is 2.29 bits per heavy atom. The van der Waals surface area contributed by atoms with Gasteiger partial charge in [-0.1, -0.05) is 46.4 Å². The van der Waals surface area contributed by atoms with E-state index >= 15 is 0 Å². The van der Waals surface area contributed by atoms with Crippen LogP contribution in [0.3, 0.4) is 0 Å². The standard InChI is InChI=1S/C7H3Cl4NO2/c8-6-2-1-4(12(13)14)3-5(6)7(9,10)11/h1-3H. The van der Waals surface area contributed by atoms with Gasteiger partial charge < -0.3 is 0 Å². The summed E-state index contributed by atoms with van der Waals surface area (Å²) in [6, 6.07) is 3.69. The molecule has 0 atom stereocenters. The van der Waals surface area contributed by atoms with E-state index in [4.69, 9.17) is 46.4 Å². The summed E-state index contributed by atoms with van der Waals surface area (Å²) in [5, 5.41) is 10.6. The van der Waals surface area contributed by atoms with Gasteiger partial charge in [-0.3, -0.25) is 10.1 Å². The fourth-order valence-electron chi connectivity index (χ4n) is 0.844. The molecule has 0 amide bonds. The summed E-state index contributed by atoms with van der Waals surface area (Å²) in [6.07, 6.45) is 0. The summed E-state index contributed by atoms with van der Waals surface area (Å²) in [5.74, 6) is 0. The number of non-ortho nitro benzene ring substituents is 1. The van der Waals surface area contributed by atoms with E-state index < -0.39 is 8.72 Å². The van der Waals surface area contributed by atoms with Crippen molar-refractivity contribution in [3.8, 4) is 0 Å². The minimum atomic E-state index is -1.76. The molecule has 0 bridgehead atoms. The van der Waals surface area contributed by atoms with Crippen LogP contribution in [0.25, 0.3) is 0 Å². The maximum Gasteiger partial charge on any atom is 0.269 e. The van der Waals surface area contributed by atoms with Crippen molar-refractivity contribution < 1.29 is 4.92 Å². The van der Waals surface area contributed by atoms with Crippen LogP contribution in [0, 0.1) is 10.1 Å². The molecule has 0 aliphatic carbocycles. The Morgan fingerprint density at radius 2 is 1.86 bits per heavy atom. The van der Waals surface area contributed by atoms with Gasteiger partial charge in [0.05, 0.1) is 4.92 Å². The fraction of sp³-hybridized carbons (Fsp3) is 0.143. The third-order valence-corrected chi connectivity index (χ3v) is 2.41. The number of nitro benzene ring substituents is 1. The van der Waals surface area contributed by atoms with Gasteiger partial charge in [0.2, 0.25) is 3.79 Å². The first-order valence-corrected chi connectivity index (χ1v) is 4.84. The van der Waals surface area contributed by atoms with E-state index in [1.807, 2.05) is 0 Å². The molecule has 0 saturated heterocycles. The molecule has 3 nitrogen and oxygen atoms in total. The first-order chi connectivity index (χ1) is 6.32. The van der Waals surface area contributed by atoms with Crippen molar-refractivity contribution in [3.05, 3.63) is 38.9 Å². The highest BCUT2D eigenvalue weighted by Crippen LogP contribution is 2.42. The lowest BCUT2D eigenvalue weighted by atomic mass is 10.2. The number of hydrogen-bond acceptors (Lipinski definition) is 2. The molecular weight excluding hydrogens is 272 g/mol. The second-order valence-electron chi connectivity index (χ2n) is 2.42. The van der Waals surface area contributed by atoms with E-state index in [1.165, 1.54) is 12.1 Å². The predicted molar refractivity (Wildman–Crippen MR) is 57.3 cm³/mol. The van der Waals surface area contributed by atoms with Crippen LogP contribution in [0.1, 0.15) is 5.56 Å². The molecule has 14 heavy (non-hydrogen) atoms. The maximum absolute atomic E-state index is 10.4. The average Bonchev–Trinajstić information content (AvgIpc) is 2.02. The quantitative estimate of drug-likeness (QED) is 0.440. The van der Waals surface area contributed by atoms with E-state index in [2.05, 4.69) is 0 Å². The third kappa shape index (κ3) is 2.64. The van der Waals surface area contributed by atoms with Gasteiger partial charge in [0.15, 0.2) is 0 Å². The monoisotopic (exact) mass is 273 g/mol. The van der Waals surface area contributed by atoms with Crippen LogP contribution in [0.15, 0.2) is 18.2 Å². The number of nitrogens with zero attached hydrogens (tertiary/aromatic N) is 1. The Morgan fingerprint density at radius 1 is 1.29 bits per heavy atom. The third-order valence-electron chi connectivity index (χ3n) is 1.47. The van der Waals surface area contributed by atoms with Gasteiger partial charge in [-0.25, -0.2) is 0 Å². The molecule has 0 aliphatic rings. The van der Waals surface area contributed by atoms with Crippen LogP contribution < -0.4 is 0 Å². The summed E-state index contributed by atoms with van der Waals surface area (Å²) in [5.41, 5.74) is -0.0749. The summed E-state index contributed by atoms with van der Waals surface area (Å²) in [7, 11) is 0. The molecule has 1 rings (SSSR count). The van der Waals surface area contributed by atoms with Gasteiger partial charge in [-0.15, -0.1) is 0 Å².